The van der Waals surface area contributed by atoms with Crippen molar-refractivity contribution in [3.05, 3.63) is 23.5 Å². The first-order valence-electron chi connectivity index (χ1n) is 8.11. The lowest BCUT2D eigenvalue weighted by molar-refractivity contribution is 0.189. The molecule has 2 aliphatic heterocycles. The van der Waals surface area contributed by atoms with Crippen molar-refractivity contribution in [3.8, 4) is 5.75 Å². The molecule has 0 saturated carbocycles. The van der Waals surface area contributed by atoms with Crippen LogP contribution in [0.5, 0.6) is 5.75 Å². The van der Waals surface area contributed by atoms with E-state index in [1.807, 2.05) is 13.0 Å². The topological polar surface area (TPSA) is 53.0 Å². The molecule has 1 aromatic rings. The van der Waals surface area contributed by atoms with Gasteiger partial charge in [-0.1, -0.05) is 6.92 Å². The van der Waals surface area contributed by atoms with E-state index in [2.05, 4.69) is 32.2 Å². The highest BCUT2D eigenvalue weighted by atomic mass is 32.1. The van der Waals surface area contributed by atoms with Gasteiger partial charge >= 0.3 is 0 Å². The van der Waals surface area contributed by atoms with Gasteiger partial charge in [0.2, 0.25) is 0 Å². The first-order valence-corrected chi connectivity index (χ1v) is 8.52. The van der Waals surface area contributed by atoms with E-state index in [4.69, 9.17) is 17.0 Å². The first kappa shape index (κ1) is 16.1. The summed E-state index contributed by atoms with van der Waals surface area (Å²) < 4.78 is 5.71. The number of aromatic nitrogens is 1. The number of ether oxygens (including phenoxy) is 1. The standard InChI is InChI=1S/C16H23N5OS/c1-3-20-7-9-21(10-8-20)16(23)19-18-13-5-11-22-15-12(2)4-6-17-14(13)15/h4,6H,3,5,7-11H2,1-2H3,(H,19,23)/b18-13-. The van der Waals surface area contributed by atoms with Crippen molar-refractivity contribution < 1.29 is 4.74 Å². The quantitative estimate of drug-likeness (QED) is 0.652. The zero-order chi connectivity index (χ0) is 16.2. The molecule has 124 valence electrons. The number of rotatable bonds is 2. The number of thiocarbonyl (C=S) groups is 1. The van der Waals surface area contributed by atoms with E-state index in [9.17, 15) is 0 Å². The van der Waals surface area contributed by atoms with E-state index in [1.165, 1.54) is 0 Å². The fraction of sp³-hybridized carbons (Fsp3) is 0.562. The molecule has 0 atom stereocenters. The molecule has 6 nitrogen and oxygen atoms in total. The number of fused-ring (bicyclic) bond motifs is 1. The number of pyridine rings is 1. The van der Waals surface area contributed by atoms with Gasteiger partial charge in [0.1, 0.15) is 11.4 Å². The molecule has 7 heteroatoms. The van der Waals surface area contributed by atoms with Crippen LogP contribution in [0.4, 0.5) is 0 Å². The second-order valence-electron chi connectivity index (χ2n) is 5.80. The van der Waals surface area contributed by atoms with Gasteiger partial charge in [-0.2, -0.15) is 5.10 Å². The molecule has 1 aromatic heterocycles. The number of nitrogens with one attached hydrogen (secondary N) is 1. The van der Waals surface area contributed by atoms with Gasteiger partial charge < -0.3 is 14.5 Å². The van der Waals surface area contributed by atoms with Gasteiger partial charge in [0, 0.05) is 38.8 Å². The monoisotopic (exact) mass is 333 g/mol. The Morgan fingerprint density at radius 1 is 1.39 bits per heavy atom. The minimum atomic E-state index is 0.627. The van der Waals surface area contributed by atoms with Gasteiger partial charge in [0.15, 0.2) is 5.11 Å². The number of hydrogen-bond donors (Lipinski definition) is 1. The Morgan fingerprint density at radius 3 is 2.91 bits per heavy atom. The molecule has 1 N–H and O–H groups in total. The van der Waals surface area contributed by atoms with E-state index in [1.54, 1.807) is 6.20 Å². The van der Waals surface area contributed by atoms with Crippen molar-refractivity contribution in [1.82, 2.24) is 20.2 Å². The van der Waals surface area contributed by atoms with Crippen LogP contribution >= 0.6 is 12.2 Å². The van der Waals surface area contributed by atoms with E-state index >= 15 is 0 Å². The second-order valence-corrected chi connectivity index (χ2v) is 6.19. The molecular weight excluding hydrogens is 310 g/mol. The van der Waals surface area contributed by atoms with Crippen LogP contribution in [0.25, 0.3) is 0 Å². The van der Waals surface area contributed by atoms with Crippen molar-refractivity contribution in [2.75, 3.05) is 39.3 Å². The van der Waals surface area contributed by atoms with Crippen LogP contribution in [0.3, 0.4) is 0 Å². The van der Waals surface area contributed by atoms with E-state index in [-0.39, 0.29) is 0 Å². The third-order valence-electron chi connectivity index (χ3n) is 4.35. The van der Waals surface area contributed by atoms with Crippen LogP contribution in [-0.4, -0.2) is 64.9 Å². The summed E-state index contributed by atoms with van der Waals surface area (Å²) in [4.78, 5) is 9.01. The maximum absolute atomic E-state index is 5.71. The fourth-order valence-electron chi connectivity index (χ4n) is 2.86. The molecule has 3 heterocycles. The Hall–Kier alpha value is -1.73. The van der Waals surface area contributed by atoms with Crippen molar-refractivity contribution in [2.45, 2.75) is 20.3 Å². The molecule has 3 rings (SSSR count). The molecule has 0 amide bonds. The molecule has 0 bridgehead atoms. The van der Waals surface area contributed by atoms with Crippen molar-refractivity contribution in [2.24, 2.45) is 5.10 Å². The molecule has 0 unspecified atom stereocenters. The average Bonchev–Trinajstić information content (AvgIpc) is 2.60. The van der Waals surface area contributed by atoms with Crippen LogP contribution in [0.1, 0.15) is 24.6 Å². The second kappa shape index (κ2) is 7.23. The summed E-state index contributed by atoms with van der Waals surface area (Å²) in [6.07, 6.45) is 2.53. The summed E-state index contributed by atoms with van der Waals surface area (Å²) >= 11 is 5.48. The molecule has 2 aliphatic rings. The van der Waals surface area contributed by atoms with Gasteiger partial charge in [-0.25, -0.2) is 0 Å². The number of aryl methyl sites for hydroxylation is 1. The molecule has 1 saturated heterocycles. The lowest BCUT2D eigenvalue weighted by atomic mass is 10.1. The van der Waals surface area contributed by atoms with Gasteiger partial charge in [0.25, 0.3) is 0 Å². The largest absolute Gasteiger partial charge is 0.491 e. The third kappa shape index (κ3) is 3.61. The van der Waals surface area contributed by atoms with Gasteiger partial charge in [-0.15, -0.1) is 0 Å². The van der Waals surface area contributed by atoms with Crippen LogP contribution in [-0.2, 0) is 0 Å². The zero-order valence-corrected chi connectivity index (χ0v) is 14.5. The maximum atomic E-state index is 5.71. The fourth-order valence-corrected chi connectivity index (χ4v) is 3.09. The molecular formula is C16H23N5OS. The predicted octanol–water partition coefficient (Wildman–Crippen LogP) is 1.39. The molecule has 1 fully saturated rings. The van der Waals surface area contributed by atoms with E-state index in [0.717, 1.165) is 61.9 Å². The zero-order valence-electron chi connectivity index (χ0n) is 13.7. The van der Waals surface area contributed by atoms with Crippen molar-refractivity contribution >= 4 is 23.0 Å². The van der Waals surface area contributed by atoms with Crippen LogP contribution in [0.2, 0.25) is 0 Å². The number of hydrazone groups is 1. The minimum Gasteiger partial charge on any atom is -0.491 e. The smallest absolute Gasteiger partial charge is 0.189 e. The normalized spacial score (nSPS) is 20.1. The SMILES string of the molecule is CCN1CCN(C(=S)N/N=C2/CCOc3c(C)ccnc32)CC1. The van der Waals surface area contributed by atoms with Gasteiger partial charge in [-0.05, 0) is 37.3 Å². The third-order valence-corrected chi connectivity index (χ3v) is 4.70. The molecule has 0 aromatic carbocycles. The lowest BCUT2D eigenvalue weighted by Crippen LogP contribution is -2.50. The summed E-state index contributed by atoms with van der Waals surface area (Å²) in [6, 6.07) is 1.95. The number of hydrogen-bond acceptors (Lipinski definition) is 5. The molecule has 23 heavy (non-hydrogen) atoms. The summed E-state index contributed by atoms with van der Waals surface area (Å²) in [5.41, 5.74) is 5.86. The Labute approximate surface area is 142 Å². The molecule has 0 radical (unpaired) electrons. The van der Waals surface area contributed by atoms with Crippen LogP contribution in [0.15, 0.2) is 17.4 Å². The van der Waals surface area contributed by atoms with Crippen LogP contribution < -0.4 is 10.2 Å². The Balaban J connectivity index is 1.65. The van der Waals surface area contributed by atoms with E-state index < -0.39 is 0 Å². The summed E-state index contributed by atoms with van der Waals surface area (Å²) in [5, 5.41) is 5.20. The highest BCUT2D eigenvalue weighted by Gasteiger charge is 2.21. The highest BCUT2D eigenvalue weighted by molar-refractivity contribution is 7.80. The summed E-state index contributed by atoms with van der Waals surface area (Å²) in [5.74, 6) is 0.835. The van der Waals surface area contributed by atoms with Crippen molar-refractivity contribution in [3.63, 3.8) is 0 Å². The van der Waals surface area contributed by atoms with Gasteiger partial charge in [0.05, 0.1) is 12.3 Å². The number of piperazine rings is 1. The van der Waals surface area contributed by atoms with E-state index in [0.29, 0.717) is 11.7 Å². The molecule has 0 aliphatic carbocycles. The Kier molecular flexibility index (Phi) is 5.07. The summed E-state index contributed by atoms with van der Waals surface area (Å²) in [7, 11) is 0. The predicted molar refractivity (Wildman–Crippen MR) is 95.0 cm³/mol. The van der Waals surface area contributed by atoms with Gasteiger partial charge in [-0.3, -0.25) is 10.4 Å². The van der Waals surface area contributed by atoms with Crippen molar-refractivity contribution in [1.29, 1.82) is 0 Å². The maximum Gasteiger partial charge on any atom is 0.189 e. The highest BCUT2D eigenvalue weighted by Crippen LogP contribution is 2.26. The summed E-state index contributed by atoms with van der Waals surface area (Å²) in [6.45, 7) is 9.92. The molecule has 0 spiro atoms. The Morgan fingerprint density at radius 2 is 2.17 bits per heavy atom. The van der Waals surface area contributed by atoms with Crippen LogP contribution in [0, 0.1) is 6.92 Å². The average molecular weight is 333 g/mol. The number of likely N-dealkylation sites (N-methyl/N-ethyl adjacent to an activating group) is 1. The number of nitrogens with zero attached hydrogens (tertiary/aromatic N) is 4. The minimum absolute atomic E-state index is 0.627. The lowest BCUT2D eigenvalue weighted by Gasteiger charge is -2.35. The Bertz CT molecular complexity index is 610. The first-order chi connectivity index (χ1) is 11.2.